The van der Waals surface area contributed by atoms with E-state index in [2.05, 4.69) is 0 Å². The lowest BCUT2D eigenvalue weighted by atomic mass is 10.00. The molecule has 0 aromatic heterocycles. The molecular formula is C17H14ClF3N2O2. The standard InChI is InChI=1S/C17H14ClF3N2O2/c18-15-9-13(17(19,20)21)4-3-12(15)10-22-7-1-2-11-8-14(23(24)25)5-6-16(11)22/h3-6,8-9H,1-2,7,10H2. The van der Waals surface area contributed by atoms with Crippen molar-refractivity contribution >= 4 is 23.0 Å². The van der Waals surface area contributed by atoms with Gasteiger partial charge in [-0.3, -0.25) is 10.1 Å². The van der Waals surface area contributed by atoms with Crippen LogP contribution in [0, 0.1) is 10.1 Å². The SMILES string of the molecule is O=[N+]([O-])c1ccc2c(c1)CCCN2Cc1ccc(C(F)(F)F)cc1Cl. The maximum Gasteiger partial charge on any atom is 0.416 e. The van der Waals surface area contributed by atoms with Gasteiger partial charge in [-0.05, 0) is 42.2 Å². The fourth-order valence-corrected chi connectivity index (χ4v) is 3.24. The first kappa shape index (κ1) is 17.5. The maximum absolute atomic E-state index is 12.7. The monoisotopic (exact) mass is 370 g/mol. The van der Waals surface area contributed by atoms with Crippen LogP contribution in [-0.2, 0) is 19.1 Å². The Bertz CT molecular complexity index is 824. The van der Waals surface area contributed by atoms with Crippen LogP contribution in [0.25, 0.3) is 0 Å². The van der Waals surface area contributed by atoms with Crippen molar-refractivity contribution in [1.82, 2.24) is 0 Å². The Balaban J connectivity index is 1.87. The maximum atomic E-state index is 12.7. The molecule has 0 atom stereocenters. The number of alkyl halides is 3. The van der Waals surface area contributed by atoms with Crippen LogP contribution in [0.1, 0.15) is 23.1 Å². The molecule has 0 unspecified atom stereocenters. The molecule has 0 radical (unpaired) electrons. The average molecular weight is 371 g/mol. The summed E-state index contributed by atoms with van der Waals surface area (Å²) >= 11 is 6.03. The second-order valence-corrected chi connectivity index (χ2v) is 6.31. The predicted molar refractivity (Wildman–Crippen MR) is 88.9 cm³/mol. The fourth-order valence-electron chi connectivity index (χ4n) is 3.00. The van der Waals surface area contributed by atoms with E-state index >= 15 is 0 Å². The van der Waals surface area contributed by atoms with Crippen molar-refractivity contribution in [3.05, 3.63) is 68.2 Å². The zero-order valence-electron chi connectivity index (χ0n) is 13.0. The lowest BCUT2D eigenvalue weighted by Gasteiger charge is -2.31. The van der Waals surface area contributed by atoms with Crippen LogP contribution < -0.4 is 4.90 Å². The van der Waals surface area contributed by atoms with Gasteiger partial charge in [0, 0.05) is 35.9 Å². The molecule has 1 aliphatic rings. The van der Waals surface area contributed by atoms with Crippen LogP contribution in [0.3, 0.4) is 0 Å². The van der Waals surface area contributed by atoms with Gasteiger partial charge in [0.15, 0.2) is 0 Å². The van der Waals surface area contributed by atoms with Gasteiger partial charge in [0.1, 0.15) is 0 Å². The normalized spacial score (nSPS) is 14.3. The van der Waals surface area contributed by atoms with E-state index in [-0.39, 0.29) is 10.7 Å². The van der Waals surface area contributed by atoms with Crippen molar-refractivity contribution in [3.63, 3.8) is 0 Å². The van der Waals surface area contributed by atoms with Crippen molar-refractivity contribution in [3.8, 4) is 0 Å². The molecule has 0 N–H and O–H groups in total. The van der Waals surface area contributed by atoms with Gasteiger partial charge in [-0.15, -0.1) is 0 Å². The van der Waals surface area contributed by atoms with Crippen molar-refractivity contribution in [2.75, 3.05) is 11.4 Å². The minimum Gasteiger partial charge on any atom is -0.367 e. The zero-order chi connectivity index (χ0) is 18.2. The summed E-state index contributed by atoms with van der Waals surface area (Å²) in [6.07, 6.45) is -2.89. The Morgan fingerprint density at radius 1 is 1.20 bits per heavy atom. The van der Waals surface area contributed by atoms with Crippen LogP contribution in [0.5, 0.6) is 0 Å². The lowest BCUT2D eigenvalue weighted by molar-refractivity contribution is -0.384. The number of hydrogen-bond acceptors (Lipinski definition) is 3. The Kier molecular flexibility index (Phi) is 4.60. The third kappa shape index (κ3) is 3.71. The van der Waals surface area contributed by atoms with Crippen LogP contribution in [-0.4, -0.2) is 11.5 Å². The summed E-state index contributed by atoms with van der Waals surface area (Å²) in [5.74, 6) is 0. The molecule has 0 saturated carbocycles. The molecule has 2 aromatic rings. The molecule has 0 saturated heterocycles. The van der Waals surface area contributed by atoms with E-state index in [0.717, 1.165) is 36.2 Å². The number of nitro groups is 1. The number of benzene rings is 2. The minimum atomic E-state index is -4.43. The number of halogens is 4. The molecule has 0 bridgehead atoms. The van der Waals surface area contributed by atoms with Crippen molar-refractivity contribution in [1.29, 1.82) is 0 Å². The lowest BCUT2D eigenvalue weighted by Crippen LogP contribution is -2.29. The van der Waals surface area contributed by atoms with Gasteiger partial charge < -0.3 is 4.90 Å². The molecule has 8 heteroatoms. The van der Waals surface area contributed by atoms with E-state index in [4.69, 9.17) is 11.6 Å². The number of aryl methyl sites for hydroxylation is 1. The Morgan fingerprint density at radius 3 is 2.60 bits per heavy atom. The molecular weight excluding hydrogens is 357 g/mol. The van der Waals surface area contributed by atoms with Crippen LogP contribution in [0.2, 0.25) is 5.02 Å². The number of fused-ring (bicyclic) bond motifs is 1. The number of nitro benzene ring substituents is 1. The summed E-state index contributed by atoms with van der Waals surface area (Å²) in [6.45, 7) is 1.06. The van der Waals surface area contributed by atoms with Gasteiger partial charge >= 0.3 is 6.18 Å². The summed E-state index contributed by atoms with van der Waals surface area (Å²) in [6, 6.07) is 8.00. The van der Waals surface area contributed by atoms with Crippen LogP contribution in [0.4, 0.5) is 24.5 Å². The Hall–Kier alpha value is -2.28. The highest BCUT2D eigenvalue weighted by Crippen LogP contribution is 2.35. The highest BCUT2D eigenvalue weighted by molar-refractivity contribution is 6.31. The van der Waals surface area contributed by atoms with Gasteiger partial charge in [-0.1, -0.05) is 17.7 Å². The van der Waals surface area contributed by atoms with Gasteiger partial charge in [-0.25, -0.2) is 0 Å². The molecule has 0 spiro atoms. The van der Waals surface area contributed by atoms with Gasteiger partial charge in [-0.2, -0.15) is 13.2 Å². The third-order valence-electron chi connectivity index (χ3n) is 4.23. The van der Waals surface area contributed by atoms with E-state index < -0.39 is 16.7 Å². The second kappa shape index (κ2) is 6.55. The quantitative estimate of drug-likeness (QED) is 0.549. The highest BCUT2D eigenvalue weighted by atomic mass is 35.5. The molecule has 0 fully saturated rings. The first-order chi connectivity index (χ1) is 11.8. The fraction of sp³-hybridized carbons (Fsp3) is 0.294. The smallest absolute Gasteiger partial charge is 0.367 e. The minimum absolute atomic E-state index is 0.0353. The highest BCUT2D eigenvalue weighted by Gasteiger charge is 2.31. The van der Waals surface area contributed by atoms with Crippen LogP contribution >= 0.6 is 11.6 Å². The van der Waals surface area contributed by atoms with E-state index in [1.54, 1.807) is 12.1 Å². The number of nitrogens with zero attached hydrogens (tertiary/aromatic N) is 2. The molecule has 1 heterocycles. The van der Waals surface area contributed by atoms with Crippen molar-refractivity contribution in [2.24, 2.45) is 0 Å². The summed E-state index contributed by atoms with van der Waals surface area (Å²) < 4.78 is 38.2. The molecule has 4 nitrogen and oxygen atoms in total. The Morgan fingerprint density at radius 2 is 1.96 bits per heavy atom. The number of rotatable bonds is 3. The summed E-state index contributed by atoms with van der Waals surface area (Å²) in [5.41, 5.74) is 1.56. The molecule has 1 aliphatic heterocycles. The average Bonchev–Trinajstić information content (AvgIpc) is 2.55. The largest absolute Gasteiger partial charge is 0.416 e. The first-order valence-corrected chi connectivity index (χ1v) is 8.01. The Labute approximate surface area is 147 Å². The van der Waals surface area contributed by atoms with E-state index in [1.165, 1.54) is 12.1 Å². The van der Waals surface area contributed by atoms with E-state index in [1.807, 2.05) is 4.90 Å². The van der Waals surface area contributed by atoms with Crippen LogP contribution in [0.15, 0.2) is 36.4 Å². The van der Waals surface area contributed by atoms with Gasteiger partial charge in [0.25, 0.3) is 5.69 Å². The molecule has 0 aliphatic carbocycles. The number of non-ortho nitro benzene ring substituents is 1. The molecule has 2 aromatic carbocycles. The van der Waals surface area contributed by atoms with E-state index in [0.29, 0.717) is 18.7 Å². The van der Waals surface area contributed by atoms with Gasteiger partial charge in [0.2, 0.25) is 0 Å². The summed E-state index contributed by atoms with van der Waals surface area (Å²) in [7, 11) is 0. The second-order valence-electron chi connectivity index (χ2n) is 5.90. The predicted octanol–water partition coefficient (Wildman–Crippen LogP) is 5.22. The molecule has 0 amide bonds. The molecule has 132 valence electrons. The topological polar surface area (TPSA) is 46.4 Å². The molecule has 3 rings (SSSR count). The first-order valence-electron chi connectivity index (χ1n) is 7.63. The van der Waals surface area contributed by atoms with E-state index in [9.17, 15) is 23.3 Å². The zero-order valence-corrected chi connectivity index (χ0v) is 13.8. The van der Waals surface area contributed by atoms with Crippen molar-refractivity contribution in [2.45, 2.75) is 25.6 Å². The van der Waals surface area contributed by atoms with Crippen molar-refractivity contribution < 1.29 is 18.1 Å². The van der Waals surface area contributed by atoms with Gasteiger partial charge in [0.05, 0.1) is 10.5 Å². The number of hydrogen-bond donors (Lipinski definition) is 0. The summed E-state index contributed by atoms with van der Waals surface area (Å²) in [5, 5.41) is 11.0. The number of anilines is 1. The third-order valence-corrected chi connectivity index (χ3v) is 4.58. The molecule has 25 heavy (non-hydrogen) atoms. The summed E-state index contributed by atoms with van der Waals surface area (Å²) in [4.78, 5) is 12.4.